The summed E-state index contributed by atoms with van der Waals surface area (Å²) in [6.07, 6.45) is 1.58. The first-order chi connectivity index (χ1) is 7.41. The minimum absolute atomic E-state index is 0.117. The van der Waals surface area contributed by atoms with E-state index < -0.39 is 0 Å². The van der Waals surface area contributed by atoms with Crippen LogP contribution in [0.15, 0.2) is 0 Å². The first-order valence-corrected chi connectivity index (χ1v) is 6.03. The molecule has 16 heavy (non-hydrogen) atoms. The van der Waals surface area contributed by atoms with Crippen molar-refractivity contribution in [1.82, 2.24) is 0 Å². The SMILES string of the molecule is CC(C)CC(=O)CCOCC(=O)CC(C)C. The van der Waals surface area contributed by atoms with E-state index in [1.54, 1.807) is 0 Å². The van der Waals surface area contributed by atoms with Gasteiger partial charge in [-0.3, -0.25) is 9.59 Å². The van der Waals surface area contributed by atoms with Gasteiger partial charge in [-0.05, 0) is 11.8 Å². The van der Waals surface area contributed by atoms with Crippen molar-refractivity contribution in [1.29, 1.82) is 0 Å². The number of hydrogen-bond donors (Lipinski definition) is 0. The monoisotopic (exact) mass is 228 g/mol. The van der Waals surface area contributed by atoms with Crippen LogP contribution in [0.3, 0.4) is 0 Å². The summed E-state index contributed by atoms with van der Waals surface area (Å²) in [7, 11) is 0. The van der Waals surface area contributed by atoms with Crippen molar-refractivity contribution >= 4 is 11.6 Å². The molecule has 0 aliphatic carbocycles. The summed E-state index contributed by atoms with van der Waals surface area (Å²) in [5, 5.41) is 0. The average Bonchev–Trinajstić information content (AvgIpc) is 2.10. The molecule has 0 aromatic rings. The second kappa shape index (κ2) is 8.45. The molecule has 0 atom stereocenters. The molecule has 0 aliphatic heterocycles. The maximum Gasteiger partial charge on any atom is 0.158 e. The van der Waals surface area contributed by atoms with E-state index in [2.05, 4.69) is 0 Å². The molecule has 0 saturated carbocycles. The first-order valence-electron chi connectivity index (χ1n) is 6.03. The van der Waals surface area contributed by atoms with Gasteiger partial charge < -0.3 is 4.74 Å². The van der Waals surface area contributed by atoms with Gasteiger partial charge in [0.15, 0.2) is 5.78 Å². The Balaban J connectivity index is 3.46. The molecule has 0 aromatic carbocycles. The van der Waals surface area contributed by atoms with Crippen LogP contribution in [0.5, 0.6) is 0 Å². The number of ether oxygens (including phenoxy) is 1. The van der Waals surface area contributed by atoms with Gasteiger partial charge in [0.25, 0.3) is 0 Å². The molecule has 0 amide bonds. The Morgan fingerprint density at radius 3 is 1.94 bits per heavy atom. The van der Waals surface area contributed by atoms with Gasteiger partial charge in [-0.15, -0.1) is 0 Å². The fraction of sp³-hybridized carbons (Fsp3) is 0.846. The maximum absolute atomic E-state index is 11.3. The summed E-state index contributed by atoms with van der Waals surface area (Å²) >= 11 is 0. The molecule has 0 aromatic heterocycles. The van der Waals surface area contributed by atoms with E-state index in [1.165, 1.54) is 0 Å². The summed E-state index contributed by atoms with van der Waals surface area (Å²) in [6.45, 7) is 8.56. The van der Waals surface area contributed by atoms with E-state index in [-0.39, 0.29) is 18.2 Å². The van der Waals surface area contributed by atoms with Crippen LogP contribution >= 0.6 is 0 Å². The summed E-state index contributed by atoms with van der Waals surface area (Å²) < 4.78 is 5.18. The molecule has 3 nitrogen and oxygen atoms in total. The second-order valence-electron chi connectivity index (χ2n) is 5.08. The van der Waals surface area contributed by atoms with E-state index in [1.807, 2.05) is 27.7 Å². The van der Waals surface area contributed by atoms with E-state index in [0.29, 0.717) is 37.7 Å². The van der Waals surface area contributed by atoms with Gasteiger partial charge in [0, 0.05) is 19.3 Å². The Bertz CT molecular complexity index is 195. The van der Waals surface area contributed by atoms with Crippen molar-refractivity contribution < 1.29 is 14.3 Å². The lowest BCUT2D eigenvalue weighted by Crippen LogP contribution is -2.13. The summed E-state index contributed by atoms with van der Waals surface area (Å²) in [5.74, 6) is 1.10. The largest absolute Gasteiger partial charge is 0.373 e. The first kappa shape index (κ1) is 15.3. The van der Waals surface area contributed by atoms with Crippen LogP contribution in [0.4, 0.5) is 0 Å². The van der Waals surface area contributed by atoms with Crippen LogP contribution < -0.4 is 0 Å². The fourth-order valence-electron chi connectivity index (χ4n) is 1.44. The normalized spacial score (nSPS) is 11.1. The third-order valence-corrected chi connectivity index (χ3v) is 2.06. The predicted molar refractivity (Wildman–Crippen MR) is 64.4 cm³/mol. The Morgan fingerprint density at radius 2 is 1.44 bits per heavy atom. The number of hydrogen-bond acceptors (Lipinski definition) is 3. The third kappa shape index (κ3) is 9.84. The van der Waals surface area contributed by atoms with Gasteiger partial charge in [0.1, 0.15) is 12.4 Å². The van der Waals surface area contributed by atoms with Crippen LogP contribution in [0.1, 0.15) is 47.0 Å². The van der Waals surface area contributed by atoms with Gasteiger partial charge in [-0.25, -0.2) is 0 Å². The van der Waals surface area contributed by atoms with Gasteiger partial charge in [-0.1, -0.05) is 27.7 Å². The number of ketones is 2. The van der Waals surface area contributed by atoms with Crippen molar-refractivity contribution in [3.8, 4) is 0 Å². The second-order valence-corrected chi connectivity index (χ2v) is 5.08. The molecule has 94 valence electrons. The van der Waals surface area contributed by atoms with Crippen LogP contribution in [-0.4, -0.2) is 24.8 Å². The third-order valence-electron chi connectivity index (χ3n) is 2.06. The van der Waals surface area contributed by atoms with E-state index in [9.17, 15) is 9.59 Å². The van der Waals surface area contributed by atoms with E-state index in [4.69, 9.17) is 4.74 Å². The van der Waals surface area contributed by atoms with Gasteiger partial charge in [-0.2, -0.15) is 0 Å². The highest BCUT2D eigenvalue weighted by Gasteiger charge is 2.07. The summed E-state index contributed by atoms with van der Waals surface area (Å²) in [5.41, 5.74) is 0. The highest BCUT2D eigenvalue weighted by atomic mass is 16.5. The molecule has 0 spiro atoms. The zero-order chi connectivity index (χ0) is 12.6. The summed E-state index contributed by atoms with van der Waals surface area (Å²) in [4.78, 5) is 22.6. The molecule has 0 heterocycles. The van der Waals surface area contributed by atoms with Crippen molar-refractivity contribution in [3.05, 3.63) is 0 Å². The lowest BCUT2D eigenvalue weighted by Gasteiger charge is -2.06. The summed E-state index contributed by atoms with van der Waals surface area (Å²) in [6, 6.07) is 0. The standard InChI is InChI=1S/C13H24O3/c1-10(2)7-12(14)5-6-16-9-13(15)8-11(3)4/h10-11H,5-9H2,1-4H3. The van der Waals surface area contributed by atoms with Crippen molar-refractivity contribution in [2.75, 3.05) is 13.2 Å². The average molecular weight is 228 g/mol. The molecule has 0 unspecified atom stereocenters. The van der Waals surface area contributed by atoms with Crippen LogP contribution in [0, 0.1) is 11.8 Å². The van der Waals surface area contributed by atoms with Crippen molar-refractivity contribution in [3.63, 3.8) is 0 Å². The topological polar surface area (TPSA) is 43.4 Å². The van der Waals surface area contributed by atoms with Crippen LogP contribution in [0.25, 0.3) is 0 Å². The van der Waals surface area contributed by atoms with Crippen LogP contribution in [-0.2, 0) is 14.3 Å². The molecule has 0 bridgehead atoms. The highest BCUT2D eigenvalue weighted by Crippen LogP contribution is 2.03. The highest BCUT2D eigenvalue weighted by molar-refractivity contribution is 5.80. The van der Waals surface area contributed by atoms with Gasteiger partial charge in [0.05, 0.1) is 6.61 Å². The smallest absolute Gasteiger partial charge is 0.158 e. The Kier molecular flexibility index (Phi) is 8.08. The Morgan fingerprint density at radius 1 is 0.938 bits per heavy atom. The molecular weight excluding hydrogens is 204 g/mol. The van der Waals surface area contributed by atoms with Crippen molar-refractivity contribution in [2.45, 2.75) is 47.0 Å². The molecule has 0 radical (unpaired) electrons. The zero-order valence-corrected chi connectivity index (χ0v) is 10.9. The molecular formula is C13H24O3. The lowest BCUT2D eigenvalue weighted by atomic mass is 10.1. The molecule has 3 heteroatoms. The Hall–Kier alpha value is -0.700. The quantitative estimate of drug-likeness (QED) is 0.570. The molecule has 0 saturated heterocycles. The zero-order valence-electron chi connectivity index (χ0n) is 10.9. The van der Waals surface area contributed by atoms with Crippen LogP contribution in [0.2, 0.25) is 0 Å². The predicted octanol–water partition coefficient (Wildman–Crippen LogP) is 2.62. The number of rotatable bonds is 9. The number of Topliss-reactive ketones (excluding diaryl/α,β-unsaturated/α-hetero) is 2. The number of carbonyl (C=O) groups is 2. The maximum atomic E-state index is 11.3. The molecule has 0 aliphatic rings. The molecule has 0 fully saturated rings. The van der Waals surface area contributed by atoms with Gasteiger partial charge in [0.2, 0.25) is 0 Å². The van der Waals surface area contributed by atoms with Crippen molar-refractivity contribution in [2.24, 2.45) is 11.8 Å². The minimum Gasteiger partial charge on any atom is -0.373 e. The minimum atomic E-state index is 0.117. The molecule has 0 rings (SSSR count). The van der Waals surface area contributed by atoms with Gasteiger partial charge >= 0.3 is 0 Å². The van der Waals surface area contributed by atoms with E-state index in [0.717, 1.165) is 0 Å². The van der Waals surface area contributed by atoms with E-state index >= 15 is 0 Å². The Labute approximate surface area is 98.6 Å². The fourth-order valence-corrected chi connectivity index (χ4v) is 1.44. The lowest BCUT2D eigenvalue weighted by molar-refractivity contribution is -0.126. The number of carbonyl (C=O) groups excluding carboxylic acids is 2. The molecule has 0 N–H and O–H groups in total.